The summed E-state index contributed by atoms with van der Waals surface area (Å²) in [5.74, 6) is 1.02. The van der Waals surface area contributed by atoms with Gasteiger partial charge in [0.15, 0.2) is 0 Å². The molecule has 0 aliphatic carbocycles. The Morgan fingerprint density at radius 3 is 3.05 bits per heavy atom. The predicted molar refractivity (Wildman–Crippen MR) is 80.5 cm³/mol. The van der Waals surface area contributed by atoms with Gasteiger partial charge >= 0.3 is 0 Å². The molecule has 0 saturated carbocycles. The number of anilines is 1. The van der Waals surface area contributed by atoms with Gasteiger partial charge in [-0.15, -0.1) is 0 Å². The van der Waals surface area contributed by atoms with Gasteiger partial charge in [-0.2, -0.15) is 0 Å². The Kier molecular flexibility index (Phi) is 5.35. The Bertz CT molecular complexity index is 449. The number of aromatic nitrogens is 1. The molecule has 110 valence electrons. The second kappa shape index (κ2) is 7.24. The number of carbonyl (C=O) groups excluding carboxylic acids is 1. The molecule has 1 fully saturated rings. The van der Waals surface area contributed by atoms with Gasteiger partial charge in [-0.25, -0.2) is 4.98 Å². The number of piperidine rings is 1. The molecule has 1 aromatic heterocycles. The van der Waals surface area contributed by atoms with Gasteiger partial charge in [0.25, 0.3) is 0 Å². The molecule has 1 aromatic rings. The molecular formula is C15H24N4O. The van der Waals surface area contributed by atoms with Crippen molar-refractivity contribution in [2.45, 2.75) is 38.8 Å². The van der Waals surface area contributed by atoms with Gasteiger partial charge in [0, 0.05) is 20.1 Å². The van der Waals surface area contributed by atoms with E-state index in [4.69, 9.17) is 0 Å². The zero-order valence-electron chi connectivity index (χ0n) is 12.4. The summed E-state index contributed by atoms with van der Waals surface area (Å²) in [5.41, 5.74) is 1.01. The van der Waals surface area contributed by atoms with Crippen molar-refractivity contribution in [3.8, 4) is 0 Å². The molecule has 20 heavy (non-hydrogen) atoms. The average Bonchev–Trinajstić information content (AvgIpc) is 2.48. The number of hydrogen-bond donors (Lipinski definition) is 2. The number of hydrogen-bond acceptors (Lipinski definition) is 4. The van der Waals surface area contributed by atoms with Gasteiger partial charge in [0.2, 0.25) is 5.91 Å². The predicted octanol–water partition coefficient (Wildman–Crippen LogP) is 1.61. The first-order valence-electron chi connectivity index (χ1n) is 7.40. The van der Waals surface area contributed by atoms with Crippen LogP contribution >= 0.6 is 0 Å². The number of pyridine rings is 1. The average molecular weight is 276 g/mol. The number of likely N-dealkylation sites (tertiary alicyclic amines) is 1. The van der Waals surface area contributed by atoms with E-state index < -0.39 is 0 Å². The lowest BCUT2D eigenvalue weighted by molar-refractivity contribution is -0.127. The summed E-state index contributed by atoms with van der Waals surface area (Å²) >= 11 is 0. The fourth-order valence-electron chi connectivity index (χ4n) is 2.70. The summed E-state index contributed by atoms with van der Waals surface area (Å²) in [6.45, 7) is 4.62. The van der Waals surface area contributed by atoms with Gasteiger partial charge in [-0.3, -0.25) is 9.69 Å². The molecule has 2 heterocycles. The maximum atomic E-state index is 12.0. The standard InChI is InChI=1S/C15H24N4O/c1-3-17-14-9-6-7-12(18-14)11-19-10-5-4-8-13(19)15(20)16-2/h6-7,9,13H,3-5,8,10-11H2,1-2H3,(H,16,20)(H,17,18). The van der Waals surface area contributed by atoms with Crippen LogP contribution in [0.4, 0.5) is 5.82 Å². The van der Waals surface area contributed by atoms with E-state index in [0.29, 0.717) is 0 Å². The second-order valence-electron chi connectivity index (χ2n) is 5.14. The van der Waals surface area contributed by atoms with E-state index in [0.717, 1.165) is 50.4 Å². The van der Waals surface area contributed by atoms with Crippen LogP contribution in [-0.4, -0.2) is 42.0 Å². The Hall–Kier alpha value is -1.62. The third-order valence-electron chi connectivity index (χ3n) is 3.69. The lowest BCUT2D eigenvalue weighted by Gasteiger charge is -2.34. The maximum absolute atomic E-state index is 12.0. The number of rotatable bonds is 5. The van der Waals surface area contributed by atoms with Gasteiger partial charge in [-0.05, 0) is 38.4 Å². The summed E-state index contributed by atoms with van der Waals surface area (Å²) in [5, 5.41) is 5.99. The highest BCUT2D eigenvalue weighted by atomic mass is 16.2. The Morgan fingerprint density at radius 2 is 2.30 bits per heavy atom. The van der Waals surface area contributed by atoms with Crippen molar-refractivity contribution in [2.24, 2.45) is 0 Å². The van der Waals surface area contributed by atoms with Crippen molar-refractivity contribution in [1.82, 2.24) is 15.2 Å². The van der Waals surface area contributed by atoms with Crippen LogP contribution in [0, 0.1) is 0 Å². The smallest absolute Gasteiger partial charge is 0.237 e. The van der Waals surface area contributed by atoms with Gasteiger partial charge in [-0.1, -0.05) is 12.5 Å². The zero-order valence-corrected chi connectivity index (χ0v) is 12.4. The SMILES string of the molecule is CCNc1cccc(CN2CCCCC2C(=O)NC)n1. The van der Waals surface area contributed by atoms with Crippen LogP contribution < -0.4 is 10.6 Å². The molecule has 0 bridgehead atoms. The van der Waals surface area contributed by atoms with Crippen LogP contribution in [0.15, 0.2) is 18.2 Å². The molecule has 0 aromatic carbocycles. The summed E-state index contributed by atoms with van der Waals surface area (Å²) in [7, 11) is 1.71. The fraction of sp³-hybridized carbons (Fsp3) is 0.600. The quantitative estimate of drug-likeness (QED) is 0.858. The third-order valence-corrected chi connectivity index (χ3v) is 3.69. The number of amides is 1. The lowest BCUT2D eigenvalue weighted by Crippen LogP contribution is -2.48. The molecule has 5 nitrogen and oxygen atoms in total. The van der Waals surface area contributed by atoms with Crippen molar-refractivity contribution in [3.63, 3.8) is 0 Å². The minimum Gasteiger partial charge on any atom is -0.370 e. The molecule has 1 unspecified atom stereocenters. The summed E-state index contributed by atoms with van der Waals surface area (Å²) < 4.78 is 0. The highest BCUT2D eigenvalue weighted by Gasteiger charge is 2.28. The monoisotopic (exact) mass is 276 g/mol. The first-order chi connectivity index (χ1) is 9.74. The summed E-state index contributed by atoms with van der Waals surface area (Å²) in [6, 6.07) is 5.99. The molecule has 5 heteroatoms. The number of nitrogens with one attached hydrogen (secondary N) is 2. The highest BCUT2D eigenvalue weighted by molar-refractivity contribution is 5.81. The van der Waals surface area contributed by atoms with Crippen molar-refractivity contribution in [3.05, 3.63) is 23.9 Å². The van der Waals surface area contributed by atoms with Gasteiger partial charge in [0.1, 0.15) is 5.82 Å². The summed E-state index contributed by atoms with van der Waals surface area (Å²) in [6.07, 6.45) is 3.21. The number of nitrogens with zero attached hydrogens (tertiary/aromatic N) is 2. The van der Waals surface area contributed by atoms with Crippen LogP contribution in [0.1, 0.15) is 31.9 Å². The molecule has 1 atom stereocenters. The Balaban J connectivity index is 2.06. The topological polar surface area (TPSA) is 57.3 Å². The van der Waals surface area contributed by atoms with Crippen molar-refractivity contribution < 1.29 is 4.79 Å². The van der Waals surface area contributed by atoms with Crippen LogP contribution in [0.5, 0.6) is 0 Å². The van der Waals surface area contributed by atoms with E-state index in [9.17, 15) is 4.79 Å². The normalized spacial score (nSPS) is 19.6. The third kappa shape index (κ3) is 3.70. The minimum atomic E-state index is -0.0154. The zero-order chi connectivity index (χ0) is 14.4. The largest absolute Gasteiger partial charge is 0.370 e. The van der Waals surface area contributed by atoms with Crippen molar-refractivity contribution in [1.29, 1.82) is 0 Å². The van der Waals surface area contributed by atoms with E-state index in [1.165, 1.54) is 0 Å². The number of carbonyl (C=O) groups is 1. The summed E-state index contributed by atoms with van der Waals surface area (Å²) in [4.78, 5) is 18.8. The highest BCUT2D eigenvalue weighted by Crippen LogP contribution is 2.19. The van der Waals surface area contributed by atoms with Crippen molar-refractivity contribution in [2.75, 3.05) is 25.5 Å². The number of likely N-dealkylation sites (N-methyl/N-ethyl adjacent to an activating group) is 1. The first kappa shape index (κ1) is 14.8. The second-order valence-corrected chi connectivity index (χ2v) is 5.14. The van der Waals surface area contributed by atoms with Crippen LogP contribution in [-0.2, 0) is 11.3 Å². The molecular weight excluding hydrogens is 252 g/mol. The van der Waals surface area contributed by atoms with Crippen molar-refractivity contribution >= 4 is 11.7 Å². The molecule has 2 N–H and O–H groups in total. The molecule has 2 rings (SSSR count). The van der Waals surface area contributed by atoms with Crippen LogP contribution in [0.25, 0.3) is 0 Å². The van der Waals surface area contributed by atoms with E-state index in [1.54, 1.807) is 7.05 Å². The molecule has 1 amide bonds. The molecule has 1 aliphatic heterocycles. The Labute approximate surface area is 120 Å². The van der Waals surface area contributed by atoms with Gasteiger partial charge < -0.3 is 10.6 Å². The van der Waals surface area contributed by atoms with Gasteiger partial charge in [0.05, 0.1) is 11.7 Å². The molecule has 0 spiro atoms. The van der Waals surface area contributed by atoms with E-state index >= 15 is 0 Å². The van der Waals surface area contributed by atoms with E-state index in [2.05, 4.69) is 27.4 Å². The van der Waals surface area contributed by atoms with E-state index in [1.807, 2.05) is 18.2 Å². The van der Waals surface area contributed by atoms with E-state index in [-0.39, 0.29) is 11.9 Å². The minimum absolute atomic E-state index is 0.0154. The molecule has 1 aliphatic rings. The Morgan fingerprint density at radius 1 is 1.45 bits per heavy atom. The molecule has 0 radical (unpaired) electrons. The molecule has 1 saturated heterocycles. The first-order valence-corrected chi connectivity index (χ1v) is 7.40. The fourth-order valence-corrected chi connectivity index (χ4v) is 2.70. The van der Waals surface area contributed by atoms with Crippen LogP contribution in [0.3, 0.4) is 0 Å². The lowest BCUT2D eigenvalue weighted by atomic mass is 10.0. The van der Waals surface area contributed by atoms with Crippen LogP contribution in [0.2, 0.25) is 0 Å². The maximum Gasteiger partial charge on any atom is 0.237 e.